The highest BCUT2D eigenvalue weighted by Gasteiger charge is 2.17. The maximum atomic E-state index is 12.0. The third-order valence-corrected chi connectivity index (χ3v) is 3.00. The minimum absolute atomic E-state index is 0.148. The number of amides is 1. The molecule has 0 fully saturated rings. The topological polar surface area (TPSA) is 73.9 Å². The Morgan fingerprint density at radius 1 is 1.29 bits per heavy atom. The van der Waals surface area contributed by atoms with Crippen molar-refractivity contribution in [1.82, 2.24) is 5.48 Å². The Balaban J connectivity index is 2.74. The SMILES string of the molecule is CCOC(=O)/C(=C/c1cccc(Br)c1)CONC(=O)OC(C)(C)C. The van der Waals surface area contributed by atoms with Crippen molar-refractivity contribution in [3.8, 4) is 0 Å². The zero-order valence-electron chi connectivity index (χ0n) is 14.2. The third kappa shape index (κ3) is 8.12. The number of hydroxylamine groups is 1. The molecule has 1 aromatic carbocycles. The Bertz CT molecular complexity index is 607. The average molecular weight is 400 g/mol. The van der Waals surface area contributed by atoms with Gasteiger partial charge in [0, 0.05) is 4.47 Å². The lowest BCUT2D eigenvalue weighted by molar-refractivity contribution is -0.139. The molecule has 1 aromatic rings. The maximum Gasteiger partial charge on any atom is 0.431 e. The Morgan fingerprint density at radius 2 is 2.00 bits per heavy atom. The molecule has 7 heteroatoms. The van der Waals surface area contributed by atoms with Crippen LogP contribution in [0.4, 0.5) is 4.79 Å². The molecule has 132 valence electrons. The molecule has 6 nitrogen and oxygen atoms in total. The van der Waals surface area contributed by atoms with Crippen LogP contribution in [0.5, 0.6) is 0 Å². The molecule has 0 atom stereocenters. The summed E-state index contributed by atoms with van der Waals surface area (Å²) >= 11 is 3.37. The first kappa shape index (κ1) is 20.2. The van der Waals surface area contributed by atoms with Gasteiger partial charge in [-0.3, -0.25) is 4.84 Å². The van der Waals surface area contributed by atoms with Crippen LogP contribution in [0.3, 0.4) is 0 Å². The molecule has 0 saturated heterocycles. The van der Waals surface area contributed by atoms with Gasteiger partial charge in [0.2, 0.25) is 0 Å². The van der Waals surface area contributed by atoms with Crippen LogP contribution in [0.15, 0.2) is 34.3 Å². The largest absolute Gasteiger partial charge is 0.463 e. The Morgan fingerprint density at radius 3 is 2.58 bits per heavy atom. The highest BCUT2D eigenvalue weighted by Crippen LogP contribution is 2.15. The Hall–Kier alpha value is -1.86. The van der Waals surface area contributed by atoms with Crippen LogP contribution in [-0.2, 0) is 19.1 Å². The summed E-state index contributed by atoms with van der Waals surface area (Å²) in [4.78, 5) is 28.6. The molecular formula is C17H22BrNO5. The fourth-order valence-corrected chi connectivity index (χ4v) is 2.07. The van der Waals surface area contributed by atoms with Gasteiger partial charge in [-0.2, -0.15) is 5.48 Å². The van der Waals surface area contributed by atoms with Crippen LogP contribution in [0.25, 0.3) is 6.08 Å². The number of hydrogen-bond donors (Lipinski definition) is 1. The van der Waals surface area contributed by atoms with Crippen molar-refractivity contribution in [1.29, 1.82) is 0 Å². The van der Waals surface area contributed by atoms with E-state index in [0.29, 0.717) is 0 Å². The zero-order chi connectivity index (χ0) is 18.2. The molecule has 0 aliphatic carbocycles. The predicted octanol–water partition coefficient (Wildman–Crippen LogP) is 3.85. The predicted molar refractivity (Wildman–Crippen MR) is 94.1 cm³/mol. The van der Waals surface area contributed by atoms with Crippen molar-refractivity contribution in [2.45, 2.75) is 33.3 Å². The summed E-state index contributed by atoms with van der Waals surface area (Å²) in [6, 6.07) is 7.41. The van der Waals surface area contributed by atoms with Gasteiger partial charge < -0.3 is 9.47 Å². The number of carbonyl (C=O) groups is 2. The van der Waals surface area contributed by atoms with Crippen LogP contribution in [0.1, 0.15) is 33.3 Å². The quantitative estimate of drug-likeness (QED) is 0.446. The number of benzene rings is 1. The van der Waals surface area contributed by atoms with Gasteiger partial charge in [0.25, 0.3) is 0 Å². The molecule has 24 heavy (non-hydrogen) atoms. The Kier molecular flexibility index (Phi) is 7.94. The number of halogens is 1. The summed E-state index contributed by atoms with van der Waals surface area (Å²) in [6.45, 7) is 7.03. The van der Waals surface area contributed by atoms with E-state index in [1.165, 1.54) is 0 Å². The van der Waals surface area contributed by atoms with E-state index in [4.69, 9.17) is 14.3 Å². The van der Waals surface area contributed by atoms with Gasteiger partial charge in [-0.1, -0.05) is 28.1 Å². The summed E-state index contributed by atoms with van der Waals surface area (Å²) < 4.78 is 10.9. The molecule has 0 aromatic heterocycles. The number of nitrogens with one attached hydrogen (secondary N) is 1. The molecule has 0 aliphatic heterocycles. The summed E-state index contributed by atoms with van der Waals surface area (Å²) in [5.74, 6) is -0.511. The van der Waals surface area contributed by atoms with E-state index < -0.39 is 17.7 Å². The monoisotopic (exact) mass is 399 g/mol. The smallest absolute Gasteiger partial charge is 0.431 e. The van der Waals surface area contributed by atoms with Crippen molar-refractivity contribution in [2.75, 3.05) is 13.2 Å². The van der Waals surface area contributed by atoms with E-state index in [2.05, 4.69) is 21.4 Å². The fourth-order valence-electron chi connectivity index (χ4n) is 1.65. The average Bonchev–Trinajstić information content (AvgIpc) is 2.44. The summed E-state index contributed by atoms with van der Waals surface area (Å²) in [6.07, 6.45) is 0.910. The van der Waals surface area contributed by atoms with Gasteiger partial charge in [-0.05, 0) is 51.5 Å². The van der Waals surface area contributed by atoms with Gasteiger partial charge in [0.15, 0.2) is 0 Å². The van der Waals surface area contributed by atoms with Crippen LogP contribution in [0.2, 0.25) is 0 Å². The molecule has 0 radical (unpaired) electrons. The van der Waals surface area contributed by atoms with Crippen LogP contribution in [0, 0.1) is 0 Å². The van der Waals surface area contributed by atoms with Crippen molar-refractivity contribution in [2.24, 2.45) is 0 Å². The first-order valence-electron chi connectivity index (χ1n) is 7.45. The van der Waals surface area contributed by atoms with Gasteiger partial charge in [-0.15, -0.1) is 0 Å². The van der Waals surface area contributed by atoms with Crippen LogP contribution in [-0.4, -0.2) is 30.9 Å². The van der Waals surface area contributed by atoms with E-state index >= 15 is 0 Å². The molecule has 0 unspecified atom stereocenters. The number of hydrogen-bond acceptors (Lipinski definition) is 5. The first-order valence-corrected chi connectivity index (χ1v) is 8.24. The summed E-state index contributed by atoms with van der Waals surface area (Å²) in [5.41, 5.74) is 2.58. The molecule has 1 N–H and O–H groups in total. The maximum absolute atomic E-state index is 12.0. The molecular weight excluding hydrogens is 378 g/mol. The van der Waals surface area contributed by atoms with Crippen LogP contribution >= 0.6 is 15.9 Å². The zero-order valence-corrected chi connectivity index (χ0v) is 15.8. The highest BCUT2D eigenvalue weighted by atomic mass is 79.9. The summed E-state index contributed by atoms with van der Waals surface area (Å²) in [7, 11) is 0. The minimum atomic E-state index is -0.729. The van der Waals surface area contributed by atoms with E-state index in [1.54, 1.807) is 33.8 Å². The molecule has 0 bridgehead atoms. The first-order chi connectivity index (χ1) is 11.2. The Labute approximate surface area is 150 Å². The van der Waals surface area contributed by atoms with Crippen LogP contribution < -0.4 is 5.48 Å². The van der Waals surface area contributed by atoms with E-state index in [0.717, 1.165) is 10.0 Å². The number of rotatable bonds is 6. The second-order valence-corrected chi connectivity index (χ2v) is 6.75. The normalized spacial score (nSPS) is 11.8. The lowest BCUT2D eigenvalue weighted by Crippen LogP contribution is -2.33. The van der Waals surface area contributed by atoms with Crippen molar-refractivity contribution in [3.63, 3.8) is 0 Å². The molecule has 0 spiro atoms. The van der Waals surface area contributed by atoms with Gasteiger partial charge >= 0.3 is 12.1 Å². The van der Waals surface area contributed by atoms with Crippen molar-refractivity contribution in [3.05, 3.63) is 39.9 Å². The van der Waals surface area contributed by atoms with Gasteiger partial charge in [0.1, 0.15) is 12.2 Å². The lowest BCUT2D eigenvalue weighted by atomic mass is 10.1. The van der Waals surface area contributed by atoms with Gasteiger partial charge in [-0.25, -0.2) is 9.59 Å². The lowest BCUT2D eigenvalue weighted by Gasteiger charge is -2.19. The fraction of sp³-hybridized carbons (Fsp3) is 0.412. The molecule has 0 saturated carbocycles. The van der Waals surface area contributed by atoms with E-state index in [1.807, 2.05) is 24.3 Å². The molecule has 1 amide bonds. The van der Waals surface area contributed by atoms with E-state index in [9.17, 15) is 9.59 Å². The van der Waals surface area contributed by atoms with E-state index in [-0.39, 0.29) is 18.8 Å². The number of carbonyl (C=O) groups excluding carboxylic acids is 2. The number of ether oxygens (including phenoxy) is 2. The third-order valence-electron chi connectivity index (χ3n) is 2.51. The van der Waals surface area contributed by atoms with Crippen molar-refractivity contribution < 1.29 is 23.9 Å². The second-order valence-electron chi connectivity index (χ2n) is 5.84. The number of esters is 1. The second kappa shape index (κ2) is 9.44. The molecule has 0 heterocycles. The minimum Gasteiger partial charge on any atom is -0.463 e. The standard InChI is InChI=1S/C17H22BrNO5/c1-5-22-15(20)13(9-12-7-6-8-14(18)10-12)11-23-19-16(21)24-17(2,3)4/h6-10H,5,11H2,1-4H3,(H,19,21)/b13-9+. The summed E-state index contributed by atoms with van der Waals surface area (Å²) in [5, 5.41) is 0. The molecule has 0 aliphatic rings. The highest BCUT2D eigenvalue weighted by molar-refractivity contribution is 9.10. The van der Waals surface area contributed by atoms with Crippen molar-refractivity contribution >= 4 is 34.1 Å². The van der Waals surface area contributed by atoms with Gasteiger partial charge in [0.05, 0.1) is 12.2 Å². The molecule has 1 rings (SSSR count).